The van der Waals surface area contributed by atoms with E-state index in [9.17, 15) is 0 Å². The molecule has 0 fully saturated rings. The Kier molecular flexibility index (Phi) is 3.12. The van der Waals surface area contributed by atoms with Gasteiger partial charge in [-0.1, -0.05) is 0 Å². The Morgan fingerprint density at radius 3 is 2.62 bits per heavy atom. The minimum Gasteiger partial charge on any atom is -0.383 e. The molecule has 3 rings (SSSR count). The molecule has 0 radical (unpaired) electrons. The number of rotatable bonds is 2. The third-order valence-electron chi connectivity index (χ3n) is 4.08. The highest BCUT2D eigenvalue weighted by molar-refractivity contribution is 5.91. The monoisotopic (exact) mass is 281 g/mol. The van der Waals surface area contributed by atoms with E-state index in [1.165, 1.54) is 16.8 Å². The number of nitrogens with two attached hydrogens (primary N) is 1. The van der Waals surface area contributed by atoms with Gasteiger partial charge in [0.2, 0.25) is 0 Å². The Hall–Kier alpha value is -2.43. The summed E-state index contributed by atoms with van der Waals surface area (Å²) in [6.45, 7) is 8.87. The summed E-state index contributed by atoms with van der Waals surface area (Å²) in [5.41, 5.74) is 11.7. The van der Waals surface area contributed by atoms with Crippen LogP contribution in [0, 0.1) is 27.7 Å². The van der Waals surface area contributed by atoms with Crippen molar-refractivity contribution < 1.29 is 0 Å². The lowest BCUT2D eigenvalue weighted by Crippen LogP contribution is -2.06. The third-order valence-corrected chi connectivity index (χ3v) is 4.08. The summed E-state index contributed by atoms with van der Waals surface area (Å²) in [5, 5.41) is 0.958. The van der Waals surface area contributed by atoms with Gasteiger partial charge in [0.1, 0.15) is 17.3 Å². The first-order chi connectivity index (χ1) is 9.99. The normalized spacial score (nSPS) is 11.2. The minimum atomic E-state index is 0.555. The lowest BCUT2D eigenvalue weighted by Gasteiger charge is -2.10. The molecular formula is C16H19N5. The Balaban J connectivity index is 2.23. The van der Waals surface area contributed by atoms with E-state index in [-0.39, 0.29) is 0 Å². The molecule has 21 heavy (non-hydrogen) atoms. The molecular weight excluding hydrogens is 262 g/mol. The van der Waals surface area contributed by atoms with Crippen LogP contribution in [0.3, 0.4) is 0 Å². The number of hydrogen-bond donors (Lipinski definition) is 1. The molecule has 108 valence electrons. The highest BCUT2D eigenvalue weighted by Crippen LogP contribution is 2.28. The molecule has 5 nitrogen and oxygen atoms in total. The highest BCUT2D eigenvalue weighted by atomic mass is 15.1. The summed E-state index contributed by atoms with van der Waals surface area (Å²) >= 11 is 0. The van der Waals surface area contributed by atoms with Crippen molar-refractivity contribution in [3.05, 3.63) is 46.7 Å². The molecule has 0 aliphatic rings. The molecule has 0 amide bonds. The first-order valence-electron chi connectivity index (χ1n) is 6.98. The number of nitrogens with zero attached hydrogens (tertiary/aromatic N) is 4. The molecule has 0 aliphatic carbocycles. The zero-order valence-electron chi connectivity index (χ0n) is 12.8. The van der Waals surface area contributed by atoms with Gasteiger partial charge in [-0.15, -0.1) is 0 Å². The molecule has 3 aromatic rings. The van der Waals surface area contributed by atoms with Crippen LogP contribution in [-0.2, 0) is 6.54 Å². The van der Waals surface area contributed by atoms with Gasteiger partial charge in [0.15, 0.2) is 0 Å². The number of pyridine rings is 1. The maximum atomic E-state index is 6.09. The first-order valence-corrected chi connectivity index (χ1v) is 6.98. The van der Waals surface area contributed by atoms with Crippen LogP contribution in [0.15, 0.2) is 18.5 Å². The summed E-state index contributed by atoms with van der Waals surface area (Å²) in [4.78, 5) is 13.1. The van der Waals surface area contributed by atoms with E-state index < -0.39 is 0 Å². The van der Waals surface area contributed by atoms with E-state index in [1.807, 2.05) is 25.4 Å². The lowest BCUT2D eigenvalue weighted by atomic mass is 10.1. The van der Waals surface area contributed by atoms with Gasteiger partial charge in [-0.25, -0.2) is 9.97 Å². The molecule has 0 spiro atoms. The SMILES string of the molecule is Cc1nc(N)c2c(C)c(C)n(Cc3cnccc3C)c2n1. The Bertz CT molecular complexity index is 832. The largest absolute Gasteiger partial charge is 0.383 e. The fourth-order valence-corrected chi connectivity index (χ4v) is 2.70. The zero-order chi connectivity index (χ0) is 15.1. The van der Waals surface area contributed by atoms with Crippen molar-refractivity contribution in [1.82, 2.24) is 19.5 Å². The van der Waals surface area contributed by atoms with Crippen molar-refractivity contribution in [3.8, 4) is 0 Å². The first kappa shape index (κ1) is 13.5. The van der Waals surface area contributed by atoms with Crippen LogP contribution in [0.25, 0.3) is 11.0 Å². The van der Waals surface area contributed by atoms with E-state index >= 15 is 0 Å². The predicted molar refractivity (Wildman–Crippen MR) is 84.2 cm³/mol. The molecule has 0 unspecified atom stereocenters. The lowest BCUT2D eigenvalue weighted by molar-refractivity contribution is 0.779. The second-order valence-corrected chi connectivity index (χ2v) is 5.45. The molecule has 0 saturated heterocycles. The van der Waals surface area contributed by atoms with Crippen LogP contribution >= 0.6 is 0 Å². The molecule has 3 aromatic heterocycles. The van der Waals surface area contributed by atoms with E-state index in [2.05, 4.69) is 40.3 Å². The average molecular weight is 281 g/mol. The smallest absolute Gasteiger partial charge is 0.146 e. The van der Waals surface area contributed by atoms with Gasteiger partial charge in [-0.3, -0.25) is 4.98 Å². The van der Waals surface area contributed by atoms with E-state index in [1.54, 1.807) is 0 Å². The molecule has 0 aliphatic heterocycles. The van der Waals surface area contributed by atoms with Crippen molar-refractivity contribution in [3.63, 3.8) is 0 Å². The van der Waals surface area contributed by atoms with Gasteiger partial charge < -0.3 is 10.3 Å². The van der Waals surface area contributed by atoms with Crippen LogP contribution in [0.1, 0.15) is 28.2 Å². The molecule has 0 aromatic carbocycles. The topological polar surface area (TPSA) is 69.6 Å². The molecule has 3 heterocycles. The fourth-order valence-electron chi connectivity index (χ4n) is 2.70. The van der Waals surface area contributed by atoms with Gasteiger partial charge in [0.05, 0.1) is 11.9 Å². The molecule has 2 N–H and O–H groups in total. The van der Waals surface area contributed by atoms with Crippen LogP contribution in [-0.4, -0.2) is 19.5 Å². The van der Waals surface area contributed by atoms with Crippen LogP contribution in [0.5, 0.6) is 0 Å². The maximum absolute atomic E-state index is 6.09. The summed E-state index contributed by atoms with van der Waals surface area (Å²) < 4.78 is 2.19. The molecule has 0 saturated carbocycles. The van der Waals surface area contributed by atoms with Crippen molar-refractivity contribution in [2.24, 2.45) is 0 Å². The standard InChI is InChI=1S/C16H19N5/c1-9-5-6-18-7-13(9)8-21-11(3)10(2)14-15(17)19-12(4)20-16(14)21/h5-7H,8H2,1-4H3,(H2,17,19,20). The highest BCUT2D eigenvalue weighted by Gasteiger charge is 2.16. The third kappa shape index (κ3) is 2.14. The van der Waals surface area contributed by atoms with Crippen molar-refractivity contribution in [2.75, 3.05) is 5.73 Å². The maximum Gasteiger partial charge on any atom is 0.146 e. The summed E-state index contributed by atoms with van der Waals surface area (Å²) in [6, 6.07) is 2.03. The van der Waals surface area contributed by atoms with E-state index in [4.69, 9.17) is 5.73 Å². The van der Waals surface area contributed by atoms with Gasteiger partial charge >= 0.3 is 0 Å². The van der Waals surface area contributed by atoms with Crippen LogP contribution < -0.4 is 5.73 Å². The van der Waals surface area contributed by atoms with Crippen molar-refractivity contribution >= 4 is 16.9 Å². The fraction of sp³-hybridized carbons (Fsp3) is 0.312. The number of aryl methyl sites for hydroxylation is 3. The van der Waals surface area contributed by atoms with Gasteiger partial charge in [0, 0.05) is 18.1 Å². The summed E-state index contributed by atoms with van der Waals surface area (Å²) in [7, 11) is 0. The van der Waals surface area contributed by atoms with Crippen molar-refractivity contribution in [1.29, 1.82) is 0 Å². The average Bonchev–Trinajstić information content (AvgIpc) is 2.66. The number of fused-ring (bicyclic) bond motifs is 1. The Morgan fingerprint density at radius 1 is 1.14 bits per heavy atom. The number of nitrogen functional groups attached to an aromatic ring is 1. The van der Waals surface area contributed by atoms with Gasteiger partial charge in [0.25, 0.3) is 0 Å². The van der Waals surface area contributed by atoms with Gasteiger partial charge in [-0.2, -0.15) is 0 Å². The zero-order valence-corrected chi connectivity index (χ0v) is 12.8. The number of hydrogen-bond acceptors (Lipinski definition) is 4. The van der Waals surface area contributed by atoms with Crippen LogP contribution in [0.4, 0.5) is 5.82 Å². The summed E-state index contributed by atoms with van der Waals surface area (Å²) in [5.74, 6) is 1.25. The van der Waals surface area contributed by atoms with Crippen molar-refractivity contribution in [2.45, 2.75) is 34.2 Å². The second kappa shape index (κ2) is 4.84. The number of aromatic nitrogens is 4. The number of anilines is 1. The van der Waals surface area contributed by atoms with Crippen LogP contribution in [0.2, 0.25) is 0 Å². The van der Waals surface area contributed by atoms with E-state index in [0.717, 1.165) is 23.1 Å². The summed E-state index contributed by atoms with van der Waals surface area (Å²) in [6.07, 6.45) is 3.72. The molecule has 0 bridgehead atoms. The minimum absolute atomic E-state index is 0.555. The quantitative estimate of drug-likeness (QED) is 0.784. The molecule has 0 atom stereocenters. The second-order valence-electron chi connectivity index (χ2n) is 5.45. The Labute approximate surface area is 123 Å². The molecule has 5 heteroatoms. The Morgan fingerprint density at radius 2 is 1.90 bits per heavy atom. The van der Waals surface area contributed by atoms with E-state index in [0.29, 0.717) is 11.6 Å². The van der Waals surface area contributed by atoms with Gasteiger partial charge in [-0.05, 0) is 50.5 Å². The predicted octanol–water partition coefficient (Wildman–Crippen LogP) is 2.69.